The fourth-order valence-corrected chi connectivity index (χ4v) is 3.65. The molecule has 29 heavy (non-hydrogen) atoms. The summed E-state index contributed by atoms with van der Waals surface area (Å²) >= 11 is 1.42. The van der Waals surface area contributed by atoms with Crippen molar-refractivity contribution in [2.24, 2.45) is 4.99 Å². The summed E-state index contributed by atoms with van der Waals surface area (Å²) in [4.78, 5) is 8.83. The number of ether oxygens (including phenoxy) is 1. The summed E-state index contributed by atoms with van der Waals surface area (Å²) in [6.07, 6.45) is -3.66. The van der Waals surface area contributed by atoms with Crippen LogP contribution in [0.3, 0.4) is 0 Å². The molecule has 1 atom stereocenters. The number of aromatic nitrogens is 1. The molecule has 0 aliphatic rings. The van der Waals surface area contributed by atoms with Gasteiger partial charge in [-0.05, 0) is 39.7 Å². The SMILES string of the molecule is CCCC(C)=Nc1c(C(OCC(C)(C)O)C(F)(F)F)ccc(-c2nccs2)c1C. The molecule has 1 heterocycles. The molecule has 0 spiro atoms. The van der Waals surface area contributed by atoms with Crippen LogP contribution in [0.25, 0.3) is 10.6 Å². The van der Waals surface area contributed by atoms with Crippen LogP contribution >= 0.6 is 11.3 Å². The molecule has 0 saturated heterocycles. The summed E-state index contributed by atoms with van der Waals surface area (Å²) in [6.45, 7) is 7.90. The summed E-state index contributed by atoms with van der Waals surface area (Å²) in [5.74, 6) is 0. The van der Waals surface area contributed by atoms with E-state index in [1.54, 1.807) is 19.2 Å². The van der Waals surface area contributed by atoms with Gasteiger partial charge in [0.2, 0.25) is 0 Å². The molecule has 1 aromatic heterocycles. The first-order valence-electron chi connectivity index (χ1n) is 9.42. The lowest BCUT2D eigenvalue weighted by Gasteiger charge is -2.27. The lowest BCUT2D eigenvalue weighted by Crippen LogP contribution is -2.32. The van der Waals surface area contributed by atoms with Gasteiger partial charge in [-0.3, -0.25) is 4.99 Å². The van der Waals surface area contributed by atoms with Gasteiger partial charge in [0.1, 0.15) is 5.01 Å². The molecule has 0 fully saturated rings. The predicted molar refractivity (Wildman–Crippen MR) is 111 cm³/mol. The van der Waals surface area contributed by atoms with Gasteiger partial charge in [-0.2, -0.15) is 13.2 Å². The first kappa shape index (κ1) is 23.5. The fourth-order valence-electron chi connectivity index (χ4n) is 2.93. The number of aliphatic imine (C=N–C) groups is 1. The lowest BCUT2D eigenvalue weighted by atomic mass is 9.97. The van der Waals surface area contributed by atoms with Gasteiger partial charge < -0.3 is 9.84 Å². The minimum Gasteiger partial charge on any atom is -0.388 e. The molecule has 0 aliphatic heterocycles. The molecule has 4 nitrogen and oxygen atoms in total. The van der Waals surface area contributed by atoms with Crippen molar-refractivity contribution in [3.05, 3.63) is 34.8 Å². The van der Waals surface area contributed by atoms with E-state index in [0.717, 1.165) is 22.7 Å². The van der Waals surface area contributed by atoms with Gasteiger partial charge in [-0.1, -0.05) is 25.5 Å². The van der Waals surface area contributed by atoms with Crippen molar-refractivity contribution >= 4 is 22.7 Å². The summed E-state index contributed by atoms with van der Waals surface area (Å²) in [5.41, 5.74) is 0.915. The zero-order valence-corrected chi connectivity index (χ0v) is 18.1. The Bertz CT molecular complexity index is 841. The highest BCUT2D eigenvalue weighted by Crippen LogP contribution is 2.44. The third-order valence-electron chi connectivity index (χ3n) is 4.22. The maximum atomic E-state index is 13.9. The molecule has 1 unspecified atom stereocenters. The molecule has 8 heteroatoms. The van der Waals surface area contributed by atoms with Gasteiger partial charge in [-0.25, -0.2) is 4.98 Å². The van der Waals surface area contributed by atoms with Crippen molar-refractivity contribution in [3.63, 3.8) is 0 Å². The second-order valence-corrected chi connectivity index (χ2v) is 8.55. The number of benzene rings is 1. The van der Waals surface area contributed by atoms with Gasteiger partial charge >= 0.3 is 6.18 Å². The Labute approximate surface area is 173 Å². The summed E-state index contributed by atoms with van der Waals surface area (Å²) < 4.78 is 46.8. The number of hydrogen-bond acceptors (Lipinski definition) is 5. The Balaban J connectivity index is 2.64. The Kier molecular flexibility index (Phi) is 7.59. The molecule has 0 aliphatic carbocycles. The van der Waals surface area contributed by atoms with Crippen LogP contribution in [0.1, 0.15) is 57.8 Å². The van der Waals surface area contributed by atoms with E-state index in [2.05, 4.69) is 9.98 Å². The molecular weight excluding hydrogens is 401 g/mol. The van der Waals surface area contributed by atoms with E-state index in [9.17, 15) is 18.3 Å². The standard InChI is InChI=1S/C21H27F3N2O2S/c1-6-7-13(2)26-17-14(3)15(19-25-10-11-29-19)8-9-16(17)18(21(22,23)24)28-12-20(4,5)27/h8-11,18,27H,6-7,12H2,1-5H3. The Hall–Kier alpha value is -1.77. The van der Waals surface area contributed by atoms with E-state index >= 15 is 0 Å². The number of hydrogen-bond donors (Lipinski definition) is 1. The van der Waals surface area contributed by atoms with Crippen molar-refractivity contribution in [1.82, 2.24) is 4.98 Å². The first-order valence-corrected chi connectivity index (χ1v) is 10.3. The maximum Gasteiger partial charge on any atom is 0.418 e. The normalized spacial score (nSPS) is 14.3. The van der Waals surface area contributed by atoms with Crippen LogP contribution in [0.2, 0.25) is 0 Å². The largest absolute Gasteiger partial charge is 0.418 e. The van der Waals surface area contributed by atoms with Gasteiger partial charge in [0.05, 0.1) is 17.9 Å². The van der Waals surface area contributed by atoms with Crippen molar-refractivity contribution < 1.29 is 23.0 Å². The summed E-state index contributed by atoms with van der Waals surface area (Å²) in [7, 11) is 0. The van der Waals surface area contributed by atoms with E-state index < -0.39 is 24.5 Å². The molecule has 0 radical (unpaired) electrons. The molecule has 0 bridgehead atoms. The van der Waals surface area contributed by atoms with E-state index in [1.165, 1.54) is 31.3 Å². The maximum absolute atomic E-state index is 13.9. The number of rotatable bonds is 8. The number of thiazole rings is 1. The highest BCUT2D eigenvalue weighted by molar-refractivity contribution is 7.13. The van der Waals surface area contributed by atoms with E-state index in [4.69, 9.17) is 4.74 Å². The van der Waals surface area contributed by atoms with Gasteiger partial charge in [0.25, 0.3) is 0 Å². The van der Waals surface area contributed by atoms with Crippen LogP contribution in [-0.2, 0) is 4.74 Å². The van der Waals surface area contributed by atoms with Gasteiger partial charge in [0, 0.05) is 28.4 Å². The zero-order chi connectivity index (χ0) is 21.8. The van der Waals surface area contributed by atoms with Crippen LogP contribution in [0.15, 0.2) is 28.7 Å². The zero-order valence-electron chi connectivity index (χ0n) is 17.3. The van der Waals surface area contributed by atoms with E-state index in [1.807, 2.05) is 19.2 Å². The smallest absolute Gasteiger partial charge is 0.388 e. The first-order chi connectivity index (χ1) is 13.4. The molecule has 2 aromatic rings. The van der Waals surface area contributed by atoms with Crippen molar-refractivity contribution in [2.45, 2.75) is 65.3 Å². The van der Waals surface area contributed by atoms with Crippen LogP contribution in [0.4, 0.5) is 18.9 Å². The van der Waals surface area contributed by atoms with Crippen LogP contribution < -0.4 is 0 Å². The van der Waals surface area contributed by atoms with Gasteiger partial charge in [-0.15, -0.1) is 11.3 Å². The average Bonchev–Trinajstić information content (AvgIpc) is 3.10. The topological polar surface area (TPSA) is 54.7 Å². The molecule has 0 saturated carbocycles. The van der Waals surface area contributed by atoms with Crippen LogP contribution in [-0.4, -0.2) is 34.2 Å². The second-order valence-electron chi connectivity index (χ2n) is 7.66. The third kappa shape index (κ3) is 6.35. The molecule has 0 amide bonds. The van der Waals surface area contributed by atoms with Crippen molar-refractivity contribution in [2.75, 3.05) is 6.61 Å². The van der Waals surface area contributed by atoms with Crippen molar-refractivity contribution in [1.29, 1.82) is 0 Å². The fraction of sp³-hybridized carbons (Fsp3) is 0.524. The molecule has 2 rings (SSSR count). The molecular formula is C21H27F3N2O2S. The Morgan fingerprint density at radius 2 is 2.00 bits per heavy atom. The van der Waals surface area contributed by atoms with E-state index in [-0.39, 0.29) is 11.3 Å². The number of halogens is 3. The van der Waals surface area contributed by atoms with Crippen LogP contribution in [0, 0.1) is 6.92 Å². The lowest BCUT2D eigenvalue weighted by molar-refractivity contribution is -0.233. The molecule has 1 N–H and O–H groups in total. The Morgan fingerprint density at radius 3 is 2.52 bits per heavy atom. The molecule has 160 valence electrons. The monoisotopic (exact) mass is 428 g/mol. The summed E-state index contributed by atoms with van der Waals surface area (Å²) in [6, 6.07) is 3.04. The average molecular weight is 429 g/mol. The number of aliphatic hydroxyl groups is 1. The predicted octanol–water partition coefficient (Wildman–Crippen LogP) is 6.40. The minimum absolute atomic E-state index is 0.0602. The second kappa shape index (κ2) is 9.36. The van der Waals surface area contributed by atoms with Crippen LogP contribution in [0.5, 0.6) is 0 Å². The molecule has 1 aromatic carbocycles. The number of nitrogens with zero attached hydrogens (tertiary/aromatic N) is 2. The highest BCUT2D eigenvalue weighted by Gasteiger charge is 2.44. The highest BCUT2D eigenvalue weighted by atomic mass is 32.1. The minimum atomic E-state index is -4.65. The quantitative estimate of drug-likeness (QED) is 0.495. The Morgan fingerprint density at radius 1 is 1.31 bits per heavy atom. The van der Waals surface area contributed by atoms with E-state index in [0.29, 0.717) is 12.0 Å². The third-order valence-corrected chi connectivity index (χ3v) is 5.03. The number of alkyl halides is 3. The van der Waals surface area contributed by atoms with Crippen molar-refractivity contribution in [3.8, 4) is 10.6 Å². The van der Waals surface area contributed by atoms with Gasteiger partial charge in [0.15, 0.2) is 6.10 Å². The summed E-state index contributed by atoms with van der Waals surface area (Å²) in [5, 5.41) is 12.4.